The standard InChI is InChI=1S/C16H12BrN3O3S/c17-10-5-9(15(21)13(6-10)20(22)23)8-19-16-12(7-18)11-3-1-2-4-14(11)24-16/h5-6,8,21H,1-4H2/b19-8+. The van der Waals surface area contributed by atoms with E-state index in [1.807, 2.05) is 0 Å². The third kappa shape index (κ3) is 3.05. The molecule has 0 bridgehead atoms. The van der Waals surface area contributed by atoms with Gasteiger partial charge in [0.25, 0.3) is 0 Å². The number of fused-ring (bicyclic) bond motifs is 1. The fraction of sp³-hybridized carbons (Fsp3) is 0.250. The van der Waals surface area contributed by atoms with Gasteiger partial charge in [-0.05, 0) is 37.3 Å². The van der Waals surface area contributed by atoms with Gasteiger partial charge in [-0.1, -0.05) is 15.9 Å². The molecule has 0 saturated carbocycles. The van der Waals surface area contributed by atoms with Crippen molar-refractivity contribution >= 4 is 44.2 Å². The lowest BCUT2D eigenvalue weighted by Crippen LogP contribution is -1.99. The van der Waals surface area contributed by atoms with Crippen LogP contribution in [0.5, 0.6) is 5.75 Å². The highest BCUT2D eigenvalue weighted by molar-refractivity contribution is 9.10. The van der Waals surface area contributed by atoms with E-state index in [4.69, 9.17) is 0 Å². The Morgan fingerprint density at radius 3 is 2.88 bits per heavy atom. The number of phenols is 1. The molecule has 1 heterocycles. The summed E-state index contributed by atoms with van der Waals surface area (Å²) in [6, 6.07) is 4.99. The maximum Gasteiger partial charge on any atom is 0.312 e. The lowest BCUT2D eigenvalue weighted by Gasteiger charge is -2.09. The maximum absolute atomic E-state index is 11.0. The number of thiophene rings is 1. The number of nitro benzene ring substituents is 1. The smallest absolute Gasteiger partial charge is 0.312 e. The summed E-state index contributed by atoms with van der Waals surface area (Å²) < 4.78 is 0.472. The number of aliphatic imine (C=N–C) groups is 1. The molecule has 1 aromatic carbocycles. The van der Waals surface area contributed by atoms with Crippen LogP contribution in [0, 0.1) is 21.4 Å². The molecule has 122 valence electrons. The van der Waals surface area contributed by atoms with E-state index in [1.54, 1.807) is 6.07 Å². The van der Waals surface area contributed by atoms with Crippen LogP contribution in [-0.2, 0) is 12.8 Å². The van der Waals surface area contributed by atoms with Gasteiger partial charge in [-0.25, -0.2) is 4.99 Å². The normalized spacial score (nSPS) is 13.7. The number of rotatable bonds is 3. The molecule has 0 fully saturated rings. The van der Waals surface area contributed by atoms with Crippen LogP contribution < -0.4 is 0 Å². The summed E-state index contributed by atoms with van der Waals surface area (Å²) in [6.07, 6.45) is 5.39. The van der Waals surface area contributed by atoms with Crippen molar-refractivity contribution in [1.29, 1.82) is 5.26 Å². The topological polar surface area (TPSA) is 99.5 Å². The number of halogens is 1. The van der Waals surface area contributed by atoms with Crippen LogP contribution in [-0.4, -0.2) is 16.2 Å². The zero-order valence-electron chi connectivity index (χ0n) is 12.5. The summed E-state index contributed by atoms with van der Waals surface area (Å²) in [4.78, 5) is 15.8. The second-order valence-corrected chi connectivity index (χ2v) is 7.38. The monoisotopic (exact) mass is 405 g/mol. The summed E-state index contributed by atoms with van der Waals surface area (Å²) >= 11 is 4.67. The first kappa shape index (κ1) is 16.6. The minimum atomic E-state index is -0.651. The Bertz CT molecular complexity index is 899. The number of nitriles is 1. The second-order valence-electron chi connectivity index (χ2n) is 5.38. The van der Waals surface area contributed by atoms with Gasteiger partial charge in [-0.15, -0.1) is 11.3 Å². The van der Waals surface area contributed by atoms with Crippen molar-refractivity contribution in [2.45, 2.75) is 25.7 Å². The Morgan fingerprint density at radius 2 is 2.17 bits per heavy atom. The van der Waals surface area contributed by atoms with Crippen molar-refractivity contribution in [1.82, 2.24) is 0 Å². The third-order valence-electron chi connectivity index (χ3n) is 3.87. The van der Waals surface area contributed by atoms with Gasteiger partial charge in [0.1, 0.15) is 11.1 Å². The Morgan fingerprint density at radius 1 is 1.42 bits per heavy atom. The molecule has 0 aliphatic heterocycles. The van der Waals surface area contributed by atoms with Crippen molar-refractivity contribution in [2.75, 3.05) is 0 Å². The lowest BCUT2D eigenvalue weighted by atomic mass is 9.96. The molecule has 2 aromatic rings. The number of nitro groups is 1. The van der Waals surface area contributed by atoms with Crippen LogP contribution in [0.1, 0.15) is 34.4 Å². The molecule has 0 radical (unpaired) electrons. The van der Waals surface area contributed by atoms with E-state index in [2.05, 4.69) is 27.0 Å². The van der Waals surface area contributed by atoms with Crippen molar-refractivity contribution in [3.05, 3.63) is 48.3 Å². The van der Waals surface area contributed by atoms with Gasteiger partial charge in [-0.3, -0.25) is 10.1 Å². The zero-order chi connectivity index (χ0) is 17.3. The van der Waals surface area contributed by atoms with E-state index in [0.29, 0.717) is 15.0 Å². The number of nitrogens with zero attached hydrogens (tertiary/aromatic N) is 3. The van der Waals surface area contributed by atoms with Crippen molar-refractivity contribution in [3.8, 4) is 11.8 Å². The minimum absolute atomic E-state index is 0.228. The zero-order valence-corrected chi connectivity index (χ0v) is 14.9. The average molecular weight is 406 g/mol. The Hall–Kier alpha value is -2.24. The summed E-state index contributed by atoms with van der Waals surface area (Å²) in [6.45, 7) is 0. The number of aryl methyl sites for hydroxylation is 1. The molecule has 0 saturated heterocycles. The lowest BCUT2D eigenvalue weighted by molar-refractivity contribution is -0.385. The molecule has 0 unspecified atom stereocenters. The molecule has 0 amide bonds. The molecule has 1 aromatic heterocycles. The van der Waals surface area contributed by atoms with Crippen LogP contribution in [0.2, 0.25) is 0 Å². The molecular weight excluding hydrogens is 394 g/mol. The molecule has 1 aliphatic carbocycles. The first-order valence-corrected chi connectivity index (χ1v) is 8.87. The van der Waals surface area contributed by atoms with Crippen molar-refractivity contribution < 1.29 is 10.0 Å². The molecule has 3 rings (SSSR count). The first-order valence-electron chi connectivity index (χ1n) is 7.27. The molecular formula is C16H12BrN3O3S. The molecule has 8 heteroatoms. The molecule has 0 atom stereocenters. The van der Waals surface area contributed by atoms with Crippen molar-refractivity contribution in [3.63, 3.8) is 0 Å². The van der Waals surface area contributed by atoms with E-state index >= 15 is 0 Å². The Balaban J connectivity index is 2.02. The molecule has 0 spiro atoms. The van der Waals surface area contributed by atoms with Gasteiger partial charge in [-0.2, -0.15) is 5.26 Å². The highest BCUT2D eigenvalue weighted by atomic mass is 79.9. The van der Waals surface area contributed by atoms with Crippen LogP contribution in [0.3, 0.4) is 0 Å². The number of hydrogen-bond donors (Lipinski definition) is 1. The number of hydrogen-bond acceptors (Lipinski definition) is 6. The first-order chi connectivity index (χ1) is 11.5. The Labute approximate surface area is 150 Å². The SMILES string of the molecule is N#Cc1c(/N=C/c2cc(Br)cc([N+](=O)[O-])c2O)sc2c1CCCC2. The maximum atomic E-state index is 11.0. The van der Waals surface area contributed by atoms with Gasteiger partial charge in [0.05, 0.1) is 10.5 Å². The molecule has 1 N–H and O–H groups in total. The average Bonchev–Trinajstić information content (AvgIpc) is 2.92. The highest BCUT2D eigenvalue weighted by Gasteiger charge is 2.21. The molecule has 1 aliphatic rings. The van der Waals surface area contributed by atoms with Crippen molar-refractivity contribution in [2.24, 2.45) is 4.99 Å². The summed E-state index contributed by atoms with van der Waals surface area (Å²) in [5.74, 6) is -0.438. The summed E-state index contributed by atoms with van der Waals surface area (Å²) in [5, 5.41) is 31.0. The largest absolute Gasteiger partial charge is 0.502 e. The Kier molecular flexibility index (Phi) is 4.64. The summed E-state index contributed by atoms with van der Waals surface area (Å²) in [7, 11) is 0. The fourth-order valence-electron chi connectivity index (χ4n) is 2.73. The van der Waals surface area contributed by atoms with Gasteiger partial charge in [0.15, 0.2) is 0 Å². The quantitative estimate of drug-likeness (QED) is 0.457. The van der Waals surface area contributed by atoms with Gasteiger partial charge in [0, 0.05) is 27.2 Å². The summed E-state index contributed by atoms with van der Waals surface area (Å²) in [5.41, 5.74) is 1.49. The second kappa shape index (κ2) is 6.71. The predicted molar refractivity (Wildman–Crippen MR) is 95.4 cm³/mol. The van der Waals surface area contributed by atoms with Gasteiger partial charge in [0.2, 0.25) is 5.75 Å². The fourth-order valence-corrected chi connectivity index (χ4v) is 4.38. The van der Waals surface area contributed by atoms with E-state index in [1.165, 1.54) is 28.5 Å². The van der Waals surface area contributed by atoms with Gasteiger partial charge < -0.3 is 5.11 Å². The van der Waals surface area contributed by atoms with Crippen LogP contribution >= 0.6 is 27.3 Å². The minimum Gasteiger partial charge on any atom is -0.502 e. The van der Waals surface area contributed by atoms with E-state index in [-0.39, 0.29) is 5.56 Å². The van der Waals surface area contributed by atoms with E-state index in [0.717, 1.165) is 31.2 Å². The third-order valence-corrected chi connectivity index (χ3v) is 5.52. The van der Waals surface area contributed by atoms with E-state index < -0.39 is 16.4 Å². The number of benzene rings is 1. The highest BCUT2D eigenvalue weighted by Crippen LogP contribution is 2.40. The molecule has 6 nitrogen and oxygen atoms in total. The van der Waals surface area contributed by atoms with Crippen LogP contribution in [0.15, 0.2) is 21.6 Å². The number of aromatic hydroxyl groups is 1. The molecule has 24 heavy (non-hydrogen) atoms. The number of phenolic OH excluding ortho intramolecular Hbond substituents is 1. The van der Waals surface area contributed by atoms with Crippen LogP contribution in [0.4, 0.5) is 10.7 Å². The van der Waals surface area contributed by atoms with E-state index in [9.17, 15) is 20.5 Å². The van der Waals surface area contributed by atoms with Gasteiger partial charge >= 0.3 is 5.69 Å². The van der Waals surface area contributed by atoms with Crippen LogP contribution in [0.25, 0.3) is 0 Å². The predicted octanol–water partition coefficient (Wildman–Crippen LogP) is 4.63.